The maximum atomic E-state index is 12.7. The molecule has 0 aromatic rings. The van der Waals surface area contributed by atoms with Crippen LogP contribution >= 0.6 is 0 Å². The van der Waals surface area contributed by atoms with Crippen molar-refractivity contribution in [2.75, 3.05) is 32.8 Å². The van der Waals surface area contributed by atoms with E-state index in [9.17, 15) is 23.1 Å². The Morgan fingerprint density at radius 3 is 2.67 bits per heavy atom. The van der Waals surface area contributed by atoms with E-state index in [4.69, 9.17) is 9.47 Å². The van der Waals surface area contributed by atoms with Crippen LogP contribution in [0.25, 0.3) is 0 Å². The first-order valence-corrected chi connectivity index (χ1v) is 9.79. The van der Waals surface area contributed by atoms with Crippen molar-refractivity contribution in [2.24, 2.45) is 5.92 Å². The second-order valence-electron chi connectivity index (χ2n) is 7.94. The summed E-state index contributed by atoms with van der Waals surface area (Å²) in [6.45, 7) is 0.959. The van der Waals surface area contributed by atoms with Crippen LogP contribution in [-0.4, -0.2) is 79.3 Å². The Morgan fingerprint density at radius 1 is 1.19 bits per heavy atom. The predicted octanol–water partition coefficient (Wildman–Crippen LogP) is 1.46. The van der Waals surface area contributed by atoms with Gasteiger partial charge in [0.15, 0.2) is 0 Å². The zero-order chi connectivity index (χ0) is 19.4. The topological polar surface area (TPSA) is 71.0 Å². The molecule has 4 atom stereocenters. The monoisotopic (exact) mass is 394 g/mol. The number of hydrogen-bond acceptors (Lipinski definition) is 5. The van der Waals surface area contributed by atoms with Gasteiger partial charge >= 0.3 is 6.18 Å². The first-order valence-electron chi connectivity index (χ1n) is 9.79. The number of carbonyl (C=O) groups excluding carboxylic acids is 1. The molecule has 156 valence electrons. The molecule has 0 aromatic heterocycles. The van der Waals surface area contributed by atoms with Crippen molar-refractivity contribution in [1.29, 1.82) is 0 Å². The van der Waals surface area contributed by atoms with Crippen LogP contribution in [0.15, 0.2) is 0 Å². The summed E-state index contributed by atoms with van der Waals surface area (Å²) < 4.78 is 49.5. The van der Waals surface area contributed by atoms with E-state index >= 15 is 0 Å². The van der Waals surface area contributed by atoms with Crippen molar-refractivity contribution < 1.29 is 32.5 Å². The van der Waals surface area contributed by atoms with Gasteiger partial charge in [0.05, 0.1) is 44.4 Å². The van der Waals surface area contributed by atoms with Crippen molar-refractivity contribution in [3.63, 3.8) is 0 Å². The molecule has 2 heterocycles. The van der Waals surface area contributed by atoms with E-state index in [1.807, 2.05) is 0 Å². The van der Waals surface area contributed by atoms with E-state index in [0.29, 0.717) is 25.3 Å². The number of hydrogen-bond donors (Lipinski definition) is 2. The number of carbonyl (C=O) groups is 1. The normalized spacial score (nSPS) is 33.0. The lowest BCUT2D eigenvalue weighted by Crippen LogP contribution is -2.56. The summed E-state index contributed by atoms with van der Waals surface area (Å²) in [4.78, 5) is 13.7. The molecule has 2 aliphatic heterocycles. The number of β-amino-alcohol motifs (C(OH)–C–C–N with tert-alkyl or cyclic N) is 1. The fraction of sp³-hybridized carbons (Fsp3) is 0.944. The first-order chi connectivity index (χ1) is 12.8. The molecule has 3 aliphatic rings. The quantitative estimate of drug-likeness (QED) is 0.714. The lowest BCUT2D eigenvalue weighted by molar-refractivity contribution is -0.169. The van der Waals surface area contributed by atoms with Crippen LogP contribution in [0, 0.1) is 5.92 Å². The molecule has 2 N–H and O–H groups in total. The third kappa shape index (κ3) is 6.89. The van der Waals surface area contributed by atoms with E-state index in [-0.39, 0.29) is 56.9 Å². The van der Waals surface area contributed by atoms with Crippen molar-refractivity contribution in [1.82, 2.24) is 10.2 Å². The predicted molar refractivity (Wildman–Crippen MR) is 91.1 cm³/mol. The first kappa shape index (κ1) is 20.8. The largest absolute Gasteiger partial charge is 0.390 e. The van der Waals surface area contributed by atoms with Crippen LogP contribution in [0.5, 0.6) is 0 Å². The summed E-state index contributed by atoms with van der Waals surface area (Å²) in [6.07, 6.45) is -2.78. The number of nitrogens with zero attached hydrogens (tertiary/aromatic N) is 1. The molecule has 0 bridgehead atoms. The van der Waals surface area contributed by atoms with Gasteiger partial charge in [-0.2, -0.15) is 13.2 Å². The minimum Gasteiger partial charge on any atom is -0.389 e. The van der Waals surface area contributed by atoms with Gasteiger partial charge in [-0.25, -0.2) is 0 Å². The molecule has 1 aliphatic carbocycles. The zero-order valence-electron chi connectivity index (χ0n) is 15.4. The van der Waals surface area contributed by atoms with Crippen LogP contribution in [-0.2, 0) is 14.3 Å². The van der Waals surface area contributed by atoms with Gasteiger partial charge in [0.1, 0.15) is 0 Å². The Labute approximate surface area is 157 Å². The molecule has 9 heteroatoms. The third-order valence-corrected chi connectivity index (χ3v) is 5.47. The molecule has 6 nitrogen and oxygen atoms in total. The fourth-order valence-corrected chi connectivity index (χ4v) is 3.83. The molecular formula is C18H29F3N2O4. The number of fused-ring (bicyclic) bond motifs is 1. The lowest BCUT2D eigenvalue weighted by atomic mass is 9.94. The Balaban J connectivity index is 1.54. The summed E-state index contributed by atoms with van der Waals surface area (Å²) in [5.74, 6) is 0.569. The number of ether oxygens (including phenoxy) is 2. The van der Waals surface area contributed by atoms with Gasteiger partial charge in [0.2, 0.25) is 5.91 Å². The van der Waals surface area contributed by atoms with Crippen LogP contribution in [0.2, 0.25) is 0 Å². The molecule has 27 heavy (non-hydrogen) atoms. The second kappa shape index (κ2) is 9.07. The highest BCUT2D eigenvalue weighted by molar-refractivity contribution is 5.76. The van der Waals surface area contributed by atoms with Crippen LogP contribution in [0.3, 0.4) is 0 Å². The fourth-order valence-electron chi connectivity index (χ4n) is 3.83. The number of aliphatic hydroxyl groups is 1. The van der Waals surface area contributed by atoms with E-state index < -0.39 is 18.7 Å². The Hall–Kier alpha value is -0.900. The SMILES string of the molecule is O=C(C[C@@H]1CC[C@H]2[C@@H](COC[C@@H](O)CN2CCC(F)(F)F)O1)NCC1CC1. The van der Waals surface area contributed by atoms with Gasteiger partial charge in [-0.1, -0.05) is 0 Å². The van der Waals surface area contributed by atoms with Crippen LogP contribution in [0.1, 0.15) is 38.5 Å². The molecule has 3 fully saturated rings. The molecule has 0 spiro atoms. The van der Waals surface area contributed by atoms with E-state index in [2.05, 4.69) is 5.32 Å². The molecule has 0 radical (unpaired) electrons. The number of halogens is 3. The van der Waals surface area contributed by atoms with Crippen molar-refractivity contribution in [3.05, 3.63) is 0 Å². The standard InChI is InChI=1S/C18H29F3N2O4/c19-18(20,21)5-6-23-9-13(24)10-26-11-16-15(23)4-3-14(27-16)7-17(25)22-8-12-1-2-12/h12-16,24H,1-11H2,(H,22,25)/t13-,14-,15-,16+/m0/s1. The molecule has 1 amide bonds. The Morgan fingerprint density at radius 2 is 1.96 bits per heavy atom. The van der Waals surface area contributed by atoms with Crippen LogP contribution < -0.4 is 5.32 Å². The van der Waals surface area contributed by atoms with Crippen molar-refractivity contribution in [3.8, 4) is 0 Å². The van der Waals surface area contributed by atoms with Gasteiger partial charge < -0.3 is 19.9 Å². The van der Waals surface area contributed by atoms with Crippen molar-refractivity contribution >= 4 is 5.91 Å². The molecular weight excluding hydrogens is 365 g/mol. The molecule has 2 saturated heterocycles. The summed E-state index contributed by atoms with van der Waals surface area (Å²) >= 11 is 0. The maximum Gasteiger partial charge on any atom is 0.390 e. The second-order valence-corrected chi connectivity index (χ2v) is 7.94. The number of nitrogens with one attached hydrogen (secondary N) is 1. The summed E-state index contributed by atoms with van der Waals surface area (Å²) in [5, 5.41) is 12.9. The molecule has 3 rings (SSSR count). The van der Waals surface area contributed by atoms with E-state index in [0.717, 1.165) is 0 Å². The summed E-state index contributed by atoms with van der Waals surface area (Å²) in [7, 11) is 0. The minimum atomic E-state index is -4.24. The summed E-state index contributed by atoms with van der Waals surface area (Å²) in [6, 6.07) is -0.243. The van der Waals surface area contributed by atoms with Gasteiger partial charge in [0.25, 0.3) is 0 Å². The number of amides is 1. The number of rotatable bonds is 6. The van der Waals surface area contributed by atoms with Gasteiger partial charge in [0, 0.05) is 25.7 Å². The van der Waals surface area contributed by atoms with Crippen molar-refractivity contribution in [2.45, 2.75) is 69.1 Å². The average Bonchev–Trinajstić information content (AvgIpc) is 3.39. The lowest BCUT2D eigenvalue weighted by Gasteiger charge is -2.44. The Bertz CT molecular complexity index is 501. The van der Waals surface area contributed by atoms with E-state index in [1.165, 1.54) is 12.8 Å². The highest BCUT2D eigenvalue weighted by atomic mass is 19.4. The zero-order valence-corrected chi connectivity index (χ0v) is 15.4. The van der Waals surface area contributed by atoms with Gasteiger partial charge in [-0.15, -0.1) is 0 Å². The van der Waals surface area contributed by atoms with Crippen LogP contribution in [0.4, 0.5) is 13.2 Å². The molecule has 0 unspecified atom stereocenters. The number of aliphatic hydroxyl groups excluding tert-OH is 1. The van der Waals surface area contributed by atoms with Gasteiger partial charge in [-0.3, -0.25) is 9.69 Å². The molecule has 1 saturated carbocycles. The smallest absolute Gasteiger partial charge is 0.389 e. The highest BCUT2D eigenvalue weighted by Gasteiger charge is 2.39. The highest BCUT2D eigenvalue weighted by Crippen LogP contribution is 2.30. The van der Waals surface area contributed by atoms with E-state index in [1.54, 1.807) is 4.90 Å². The Kier molecular flexibility index (Phi) is 6.99. The average molecular weight is 394 g/mol. The third-order valence-electron chi connectivity index (χ3n) is 5.47. The minimum absolute atomic E-state index is 0.0403. The number of alkyl halides is 3. The summed E-state index contributed by atoms with van der Waals surface area (Å²) in [5.41, 5.74) is 0. The maximum absolute atomic E-state index is 12.7. The van der Waals surface area contributed by atoms with Gasteiger partial charge in [-0.05, 0) is 31.6 Å². The molecule has 0 aromatic carbocycles.